The van der Waals surface area contributed by atoms with Crippen LogP contribution < -0.4 is 0 Å². The van der Waals surface area contributed by atoms with Crippen LogP contribution in [-0.2, 0) is 9.84 Å². The Morgan fingerprint density at radius 1 is 1.11 bits per heavy atom. The van der Waals surface area contributed by atoms with Crippen molar-refractivity contribution in [3.63, 3.8) is 0 Å². The molecule has 0 radical (unpaired) electrons. The summed E-state index contributed by atoms with van der Waals surface area (Å²) in [5.41, 5.74) is 0.696. The number of nitrogens with zero attached hydrogens (tertiary/aromatic N) is 1. The predicted octanol–water partition coefficient (Wildman–Crippen LogP) is 4.45. The number of H-pyrrole nitrogens is 1. The van der Waals surface area contributed by atoms with Crippen LogP contribution in [0.25, 0.3) is 0 Å². The van der Waals surface area contributed by atoms with Crippen LogP contribution >= 0.6 is 0 Å². The van der Waals surface area contributed by atoms with E-state index in [1.165, 1.54) is 18.3 Å². The highest BCUT2D eigenvalue weighted by atomic mass is 32.2. The number of rotatable bonds is 4. The predicted molar refractivity (Wildman–Crippen MR) is 91.4 cm³/mol. The molecule has 0 saturated heterocycles. The average Bonchev–Trinajstić information content (AvgIpc) is 3.06. The molecular formula is C18H20F4N2O2S. The Balaban J connectivity index is 1.92. The fraction of sp³-hybridized carbons (Fsp3) is 0.500. The minimum Gasteiger partial charge on any atom is -0.333 e. The normalized spacial score (nSPS) is 22.6. The van der Waals surface area contributed by atoms with Crippen LogP contribution in [0.1, 0.15) is 43.0 Å². The number of imidazole rings is 1. The first kappa shape index (κ1) is 19.9. The molecule has 0 bridgehead atoms. The molecule has 1 aliphatic carbocycles. The van der Waals surface area contributed by atoms with E-state index in [1.807, 2.05) is 0 Å². The van der Waals surface area contributed by atoms with Gasteiger partial charge in [0.15, 0.2) is 14.9 Å². The smallest absolute Gasteiger partial charge is 0.333 e. The maximum Gasteiger partial charge on any atom is 0.391 e. The van der Waals surface area contributed by atoms with Gasteiger partial charge in [-0.3, -0.25) is 0 Å². The maximum atomic E-state index is 13.3. The van der Waals surface area contributed by atoms with Gasteiger partial charge in [-0.05, 0) is 49.3 Å². The number of aromatic amines is 1. The molecule has 148 valence electrons. The number of hydrogen-bond donors (Lipinski definition) is 1. The largest absolute Gasteiger partial charge is 0.391 e. The van der Waals surface area contributed by atoms with Gasteiger partial charge in [0.2, 0.25) is 0 Å². The number of alkyl halides is 3. The van der Waals surface area contributed by atoms with Crippen molar-refractivity contribution in [2.75, 3.05) is 6.26 Å². The lowest BCUT2D eigenvalue weighted by Gasteiger charge is -2.34. The molecular weight excluding hydrogens is 384 g/mol. The van der Waals surface area contributed by atoms with E-state index in [0.29, 0.717) is 24.2 Å². The summed E-state index contributed by atoms with van der Waals surface area (Å²) in [5.74, 6) is -1.93. The SMILES string of the molecule is CS(=O)(=O)c1cnc([C@@H](c2ccc(F)cc2)C2CCC(C(F)(F)F)CC2)[nH]1. The second kappa shape index (κ2) is 7.26. The molecule has 1 atom stereocenters. The fourth-order valence-corrected chi connectivity index (χ4v) is 4.30. The van der Waals surface area contributed by atoms with Gasteiger partial charge in [-0.2, -0.15) is 13.2 Å². The second-order valence-electron chi connectivity index (χ2n) is 7.09. The van der Waals surface area contributed by atoms with Crippen LogP contribution in [0.4, 0.5) is 17.6 Å². The molecule has 4 nitrogen and oxygen atoms in total. The standard InChI is InChI=1S/C18H20F4N2O2S/c1-27(25,26)15-10-23-17(24-15)16(12-4-8-14(19)9-5-12)11-2-6-13(7-3-11)18(20,21)22/h4-5,8-11,13,16H,2-3,6-7H2,1H3,(H,23,24)/t11?,13?,16-/m1/s1. The third kappa shape index (κ3) is 4.51. The summed E-state index contributed by atoms with van der Waals surface area (Å²) in [6.45, 7) is 0. The molecule has 1 saturated carbocycles. The summed E-state index contributed by atoms with van der Waals surface area (Å²) in [6.07, 6.45) is -1.24. The van der Waals surface area contributed by atoms with Gasteiger partial charge in [-0.25, -0.2) is 17.8 Å². The van der Waals surface area contributed by atoms with Crippen molar-refractivity contribution in [2.45, 2.75) is 42.8 Å². The number of benzene rings is 1. The van der Waals surface area contributed by atoms with E-state index in [9.17, 15) is 26.0 Å². The molecule has 1 fully saturated rings. The summed E-state index contributed by atoms with van der Waals surface area (Å²) in [7, 11) is -3.49. The van der Waals surface area contributed by atoms with Crippen molar-refractivity contribution in [3.8, 4) is 0 Å². The van der Waals surface area contributed by atoms with Crippen molar-refractivity contribution < 1.29 is 26.0 Å². The summed E-state index contributed by atoms with van der Waals surface area (Å²) in [5, 5.41) is -0.0476. The minimum absolute atomic E-state index is 0.0193. The lowest BCUT2D eigenvalue weighted by atomic mass is 9.73. The molecule has 0 spiro atoms. The maximum absolute atomic E-state index is 13.3. The molecule has 1 aliphatic rings. The molecule has 2 aromatic rings. The van der Waals surface area contributed by atoms with Crippen molar-refractivity contribution in [1.82, 2.24) is 9.97 Å². The van der Waals surface area contributed by atoms with E-state index in [0.717, 1.165) is 6.26 Å². The van der Waals surface area contributed by atoms with E-state index < -0.39 is 33.7 Å². The molecule has 1 aromatic heterocycles. The summed E-state index contributed by atoms with van der Waals surface area (Å²) >= 11 is 0. The molecule has 0 aliphatic heterocycles. The number of nitrogens with one attached hydrogen (secondary N) is 1. The first-order valence-electron chi connectivity index (χ1n) is 8.63. The second-order valence-corrected chi connectivity index (χ2v) is 9.07. The van der Waals surface area contributed by atoms with Gasteiger partial charge >= 0.3 is 6.18 Å². The molecule has 1 heterocycles. The number of halogens is 4. The molecule has 3 rings (SSSR count). The van der Waals surface area contributed by atoms with E-state index in [4.69, 9.17) is 0 Å². The molecule has 0 unspecified atom stereocenters. The zero-order valence-corrected chi connectivity index (χ0v) is 15.4. The summed E-state index contributed by atoms with van der Waals surface area (Å²) < 4.78 is 75.7. The van der Waals surface area contributed by atoms with Gasteiger partial charge in [-0.15, -0.1) is 0 Å². The Labute approximate surface area is 154 Å². The van der Waals surface area contributed by atoms with Crippen LogP contribution in [-0.4, -0.2) is 30.8 Å². The highest BCUT2D eigenvalue weighted by Crippen LogP contribution is 2.45. The molecule has 27 heavy (non-hydrogen) atoms. The number of aromatic nitrogens is 2. The van der Waals surface area contributed by atoms with E-state index in [1.54, 1.807) is 12.1 Å². The van der Waals surface area contributed by atoms with Crippen LogP contribution in [0.2, 0.25) is 0 Å². The zero-order valence-electron chi connectivity index (χ0n) is 14.6. The highest BCUT2D eigenvalue weighted by Gasteiger charge is 2.43. The van der Waals surface area contributed by atoms with Crippen LogP contribution in [0.15, 0.2) is 35.5 Å². The summed E-state index contributed by atoms with van der Waals surface area (Å²) in [4.78, 5) is 6.96. The Kier molecular flexibility index (Phi) is 5.33. The topological polar surface area (TPSA) is 62.8 Å². The first-order valence-corrected chi connectivity index (χ1v) is 10.5. The average molecular weight is 404 g/mol. The van der Waals surface area contributed by atoms with E-state index >= 15 is 0 Å². The molecule has 1 N–H and O–H groups in total. The van der Waals surface area contributed by atoms with Gasteiger partial charge in [0.05, 0.1) is 12.1 Å². The number of hydrogen-bond acceptors (Lipinski definition) is 3. The van der Waals surface area contributed by atoms with Gasteiger partial charge < -0.3 is 4.98 Å². The first-order chi connectivity index (χ1) is 12.6. The Hall–Kier alpha value is -1.90. The lowest BCUT2D eigenvalue weighted by Crippen LogP contribution is -2.30. The Morgan fingerprint density at radius 2 is 1.70 bits per heavy atom. The quantitative estimate of drug-likeness (QED) is 0.766. The fourth-order valence-electron chi connectivity index (χ4n) is 3.77. The van der Waals surface area contributed by atoms with Gasteiger partial charge in [-0.1, -0.05) is 12.1 Å². The number of sulfone groups is 1. The van der Waals surface area contributed by atoms with Crippen molar-refractivity contribution >= 4 is 9.84 Å². The zero-order chi connectivity index (χ0) is 19.8. The molecule has 1 aromatic carbocycles. The Morgan fingerprint density at radius 3 is 2.19 bits per heavy atom. The third-order valence-corrected chi connectivity index (χ3v) is 6.21. The van der Waals surface area contributed by atoms with Crippen LogP contribution in [0.5, 0.6) is 0 Å². The lowest BCUT2D eigenvalue weighted by molar-refractivity contribution is -0.184. The van der Waals surface area contributed by atoms with Gasteiger partial charge in [0, 0.05) is 12.2 Å². The van der Waals surface area contributed by atoms with Gasteiger partial charge in [0.25, 0.3) is 0 Å². The van der Waals surface area contributed by atoms with Crippen LogP contribution in [0.3, 0.4) is 0 Å². The minimum atomic E-state index is -4.20. The van der Waals surface area contributed by atoms with Crippen LogP contribution in [0, 0.1) is 17.7 Å². The Bertz CT molecular complexity index is 883. The van der Waals surface area contributed by atoms with Gasteiger partial charge in [0.1, 0.15) is 11.6 Å². The monoisotopic (exact) mass is 404 g/mol. The highest BCUT2D eigenvalue weighted by molar-refractivity contribution is 7.90. The molecule has 0 amide bonds. The summed E-state index contributed by atoms with van der Waals surface area (Å²) in [6, 6.07) is 5.70. The third-order valence-electron chi connectivity index (χ3n) is 5.20. The van der Waals surface area contributed by atoms with Crippen molar-refractivity contribution in [3.05, 3.63) is 47.7 Å². The molecule has 9 heteroatoms. The van der Waals surface area contributed by atoms with Crippen molar-refractivity contribution in [2.24, 2.45) is 11.8 Å². The van der Waals surface area contributed by atoms with E-state index in [-0.39, 0.29) is 23.8 Å². The van der Waals surface area contributed by atoms with E-state index in [2.05, 4.69) is 9.97 Å². The van der Waals surface area contributed by atoms with Crippen molar-refractivity contribution in [1.29, 1.82) is 0 Å².